The first-order valence-electron chi connectivity index (χ1n) is 8.81. The Bertz CT molecular complexity index is 983. The number of fused-ring (bicyclic) bond motifs is 6. The van der Waals surface area contributed by atoms with Gasteiger partial charge < -0.3 is 9.64 Å². The number of aliphatic imine (C=N–C) groups is 1. The summed E-state index contributed by atoms with van der Waals surface area (Å²) in [5.41, 5.74) is 2.84. The highest BCUT2D eigenvalue weighted by molar-refractivity contribution is 6.14. The third kappa shape index (κ3) is 1.95. The van der Waals surface area contributed by atoms with Crippen molar-refractivity contribution >= 4 is 23.8 Å². The summed E-state index contributed by atoms with van der Waals surface area (Å²) in [5.74, 6) is 0.940. The summed E-state index contributed by atoms with van der Waals surface area (Å²) in [7, 11) is 1.73. The molecule has 1 aromatic heterocycles. The van der Waals surface area contributed by atoms with Crippen molar-refractivity contribution in [3.63, 3.8) is 0 Å². The lowest BCUT2D eigenvalue weighted by Gasteiger charge is -2.42. The van der Waals surface area contributed by atoms with Gasteiger partial charge in [0.05, 0.1) is 18.1 Å². The quantitative estimate of drug-likeness (QED) is 0.748. The molecule has 1 fully saturated rings. The van der Waals surface area contributed by atoms with E-state index in [9.17, 15) is 0 Å². The van der Waals surface area contributed by atoms with Crippen LogP contribution >= 0.6 is 11.8 Å². The molecule has 0 radical (unpaired) electrons. The van der Waals surface area contributed by atoms with E-state index in [2.05, 4.69) is 32.4 Å². The smallest absolute Gasteiger partial charge is 0.173 e. The van der Waals surface area contributed by atoms with Crippen LogP contribution in [0.25, 0.3) is 0 Å². The van der Waals surface area contributed by atoms with E-state index >= 15 is 0 Å². The molecule has 10 heteroatoms. The molecule has 3 aliphatic heterocycles. The molecule has 6 rings (SSSR count). The van der Waals surface area contributed by atoms with Gasteiger partial charge in [-0.3, -0.25) is 4.42 Å². The lowest BCUT2D eigenvalue weighted by Crippen LogP contribution is -2.52. The highest BCUT2D eigenvalue weighted by Gasteiger charge is 2.51. The molecule has 0 spiro atoms. The average Bonchev–Trinajstić information content (AvgIpc) is 3.03. The van der Waals surface area contributed by atoms with Crippen molar-refractivity contribution in [2.45, 2.75) is 24.6 Å². The number of hydrogen-bond acceptors (Lipinski definition) is 8. The summed E-state index contributed by atoms with van der Waals surface area (Å²) in [6.07, 6.45) is 7.20. The van der Waals surface area contributed by atoms with Crippen molar-refractivity contribution in [3.05, 3.63) is 53.7 Å². The van der Waals surface area contributed by atoms with E-state index in [0.717, 1.165) is 35.6 Å². The predicted molar refractivity (Wildman–Crippen MR) is 98.8 cm³/mol. The minimum absolute atomic E-state index is 0.179. The second kappa shape index (κ2) is 5.14. The van der Waals surface area contributed by atoms with Gasteiger partial charge in [0.2, 0.25) is 0 Å². The van der Waals surface area contributed by atoms with Crippen molar-refractivity contribution < 1.29 is 4.74 Å². The van der Waals surface area contributed by atoms with Gasteiger partial charge in [0.25, 0.3) is 0 Å². The molecule has 9 nitrogen and oxygen atoms in total. The molecular formula is C17H17ClN8O. The summed E-state index contributed by atoms with van der Waals surface area (Å²) in [4.78, 5) is 8.69. The SMILES string of the molecule is COC1(c2cnnn2N2C=NC3c4ccccc4N4CN(Cl)C=C4N32)CC1. The summed E-state index contributed by atoms with van der Waals surface area (Å²) < 4.78 is 7.39. The highest BCUT2D eigenvalue weighted by atomic mass is 35.5. The molecule has 4 aliphatic rings. The number of hydrazine groups is 1. The Hall–Kier alpha value is -2.78. The predicted octanol–water partition coefficient (Wildman–Crippen LogP) is 1.86. The zero-order valence-electron chi connectivity index (χ0n) is 14.6. The molecule has 1 aromatic carbocycles. The topological polar surface area (TPSA) is 65.3 Å². The molecule has 0 amide bonds. The monoisotopic (exact) mass is 384 g/mol. The lowest BCUT2D eigenvalue weighted by atomic mass is 10.1. The molecule has 1 saturated carbocycles. The first-order chi connectivity index (χ1) is 13.2. The second-order valence-electron chi connectivity index (χ2n) is 7.03. The maximum atomic E-state index is 6.33. The Morgan fingerprint density at radius 3 is 2.93 bits per heavy atom. The van der Waals surface area contributed by atoms with Crippen LogP contribution in [0.2, 0.25) is 0 Å². The van der Waals surface area contributed by atoms with Gasteiger partial charge >= 0.3 is 0 Å². The maximum Gasteiger partial charge on any atom is 0.173 e. The highest BCUT2D eigenvalue weighted by Crippen LogP contribution is 2.49. The summed E-state index contributed by atoms with van der Waals surface area (Å²) in [5, 5.41) is 12.4. The van der Waals surface area contributed by atoms with Crippen molar-refractivity contribution in [1.29, 1.82) is 0 Å². The minimum Gasteiger partial charge on any atom is -0.372 e. The van der Waals surface area contributed by atoms with Crippen LogP contribution in [0, 0.1) is 0 Å². The van der Waals surface area contributed by atoms with Crippen LogP contribution in [0.15, 0.2) is 47.5 Å². The van der Waals surface area contributed by atoms with E-state index in [-0.39, 0.29) is 11.8 Å². The largest absolute Gasteiger partial charge is 0.372 e. The number of anilines is 1. The van der Waals surface area contributed by atoms with Gasteiger partial charge in [0.15, 0.2) is 12.0 Å². The van der Waals surface area contributed by atoms with Gasteiger partial charge in [-0.1, -0.05) is 18.2 Å². The molecule has 1 aliphatic carbocycles. The van der Waals surface area contributed by atoms with Gasteiger partial charge in [-0.15, -0.1) is 9.89 Å². The third-order valence-electron chi connectivity index (χ3n) is 5.60. The Balaban J connectivity index is 1.48. The van der Waals surface area contributed by atoms with E-state index in [0.29, 0.717) is 6.67 Å². The number of ether oxygens (including phenoxy) is 1. The number of rotatable bonds is 3. The second-order valence-corrected chi connectivity index (χ2v) is 7.46. The van der Waals surface area contributed by atoms with Gasteiger partial charge in [0.1, 0.15) is 24.3 Å². The Morgan fingerprint density at radius 2 is 2.11 bits per heavy atom. The lowest BCUT2D eigenvalue weighted by molar-refractivity contribution is 0.0678. The number of aromatic nitrogens is 3. The van der Waals surface area contributed by atoms with Crippen molar-refractivity contribution in [3.8, 4) is 0 Å². The van der Waals surface area contributed by atoms with Gasteiger partial charge in [-0.2, -0.15) is 5.12 Å². The van der Waals surface area contributed by atoms with Crippen molar-refractivity contribution in [1.82, 2.24) is 24.5 Å². The molecule has 1 atom stereocenters. The molecule has 2 aromatic rings. The normalized spacial score (nSPS) is 24.1. The van der Waals surface area contributed by atoms with Crippen molar-refractivity contribution in [2.24, 2.45) is 4.99 Å². The summed E-state index contributed by atoms with van der Waals surface area (Å²) >= 11 is 6.33. The molecule has 138 valence electrons. The van der Waals surface area contributed by atoms with E-state index in [1.54, 1.807) is 28.9 Å². The molecular weight excluding hydrogens is 368 g/mol. The number of hydrogen-bond donors (Lipinski definition) is 0. The average molecular weight is 385 g/mol. The standard InChI is InChI=1S/C17H17ClN8O/c1-27-17(6-7-17)14-8-20-21-26(14)24-10-19-16-12-4-2-3-5-13(12)23-11-22(18)9-15(23)25(16)24/h2-5,8-10,16H,6-7,11H2,1H3. The molecule has 27 heavy (non-hydrogen) atoms. The number of nitrogens with zero attached hydrogens (tertiary/aromatic N) is 8. The number of halogens is 1. The van der Waals surface area contributed by atoms with E-state index < -0.39 is 0 Å². The van der Waals surface area contributed by atoms with Gasteiger partial charge in [0, 0.05) is 24.4 Å². The molecule has 0 saturated heterocycles. The van der Waals surface area contributed by atoms with Gasteiger partial charge in [-0.05, 0) is 24.1 Å². The van der Waals surface area contributed by atoms with E-state index in [1.165, 1.54) is 0 Å². The minimum atomic E-state index is -0.314. The first-order valence-corrected chi connectivity index (χ1v) is 9.15. The van der Waals surface area contributed by atoms with Crippen LogP contribution in [0.5, 0.6) is 0 Å². The fourth-order valence-corrected chi connectivity index (χ4v) is 4.27. The van der Waals surface area contributed by atoms with E-state index in [1.807, 2.05) is 23.5 Å². The molecule has 4 heterocycles. The fraction of sp³-hybridized carbons (Fsp3) is 0.353. The summed E-state index contributed by atoms with van der Waals surface area (Å²) in [6.45, 7) is 0.567. The number of para-hydroxylation sites is 1. The van der Waals surface area contributed by atoms with Crippen LogP contribution in [0.1, 0.15) is 30.3 Å². The van der Waals surface area contributed by atoms with Crippen LogP contribution in [-0.2, 0) is 10.3 Å². The van der Waals surface area contributed by atoms with Crippen LogP contribution in [-0.4, -0.2) is 44.6 Å². The molecule has 0 bridgehead atoms. The third-order valence-corrected chi connectivity index (χ3v) is 5.80. The maximum absolute atomic E-state index is 6.33. The molecule has 1 unspecified atom stereocenters. The van der Waals surface area contributed by atoms with E-state index in [4.69, 9.17) is 21.5 Å². The van der Waals surface area contributed by atoms with Crippen molar-refractivity contribution in [2.75, 3.05) is 23.8 Å². The zero-order valence-corrected chi connectivity index (χ0v) is 15.4. The number of methoxy groups -OCH3 is 1. The summed E-state index contributed by atoms with van der Waals surface area (Å²) in [6, 6.07) is 8.26. The molecule has 0 N–H and O–H groups in total. The van der Waals surface area contributed by atoms with Crippen LogP contribution < -0.4 is 10.0 Å². The first kappa shape index (κ1) is 15.3. The Labute approximate surface area is 160 Å². The van der Waals surface area contributed by atoms with Crippen LogP contribution in [0.4, 0.5) is 5.69 Å². The fourth-order valence-electron chi connectivity index (χ4n) is 4.07. The Kier molecular flexibility index (Phi) is 2.91. The Morgan fingerprint density at radius 1 is 1.26 bits per heavy atom. The van der Waals surface area contributed by atoms with Gasteiger partial charge in [-0.25, -0.2) is 10.0 Å². The van der Waals surface area contributed by atoms with Crippen LogP contribution in [0.3, 0.4) is 0 Å². The number of benzene rings is 1. The zero-order chi connectivity index (χ0) is 18.2.